The first-order valence-corrected chi connectivity index (χ1v) is 5.74. The summed E-state index contributed by atoms with van der Waals surface area (Å²) in [5, 5.41) is 18.5. The lowest BCUT2D eigenvalue weighted by molar-refractivity contribution is -0.144. The van der Waals surface area contributed by atoms with Crippen LogP contribution in [0.25, 0.3) is 0 Å². The van der Waals surface area contributed by atoms with E-state index in [1.165, 1.54) is 7.11 Å². The van der Waals surface area contributed by atoms with Gasteiger partial charge >= 0.3 is 5.97 Å². The minimum atomic E-state index is -1.51. The second-order valence-corrected chi connectivity index (χ2v) is 3.88. The van der Waals surface area contributed by atoms with E-state index in [4.69, 9.17) is 9.47 Å². The van der Waals surface area contributed by atoms with Gasteiger partial charge < -0.3 is 9.47 Å². The molecule has 1 rings (SSSR count). The number of ether oxygens (including phenoxy) is 2. The lowest BCUT2D eigenvalue weighted by Crippen LogP contribution is -2.29. The second kappa shape index (κ2) is 6.42. The molecule has 0 bridgehead atoms. The SMILES string of the molecule is CCC(=O)OCC(C#N)(C#N)c1cccc(OC)c1. The van der Waals surface area contributed by atoms with Crippen molar-refractivity contribution in [1.82, 2.24) is 0 Å². The van der Waals surface area contributed by atoms with Crippen molar-refractivity contribution in [2.45, 2.75) is 18.8 Å². The number of hydrogen-bond acceptors (Lipinski definition) is 5. The highest BCUT2D eigenvalue weighted by Gasteiger charge is 2.34. The minimum Gasteiger partial charge on any atom is -0.497 e. The first-order chi connectivity index (χ1) is 9.11. The summed E-state index contributed by atoms with van der Waals surface area (Å²) in [6.45, 7) is 1.36. The Labute approximate surface area is 112 Å². The molecule has 1 aromatic rings. The van der Waals surface area contributed by atoms with E-state index in [9.17, 15) is 15.3 Å². The molecule has 1 aromatic carbocycles. The molecular weight excluding hydrogens is 244 g/mol. The molecule has 0 fully saturated rings. The molecule has 0 spiro atoms. The quantitative estimate of drug-likeness (QED) is 0.753. The number of benzene rings is 1. The number of nitrogens with zero attached hydrogens (tertiary/aromatic N) is 2. The fourth-order valence-corrected chi connectivity index (χ4v) is 1.48. The first kappa shape index (κ1) is 14.5. The van der Waals surface area contributed by atoms with E-state index in [1.54, 1.807) is 31.2 Å². The zero-order chi connectivity index (χ0) is 14.3. The number of hydrogen-bond donors (Lipinski definition) is 0. The Bertz CT molecular complexity index is 526. The fourth-order valence-electron chi connectivity index (χ4n) is 1.48. The van der Waals surface area contributed by atoms with Crippen LogP contribution in [0, 0.1) is 22.7 Å². The van der Waals surface area contributed by atoms with Crippen LogP contribution in [0.15, 0.2) is 24.3 Å². The summed E-state index contributed by atoms with van der Waals surface area (Å²) in [6.07, 6.45) is 0.199. The zero-order valence-corrected chi connectivity index (χ0v) is 10.8. The Morgan fingerprint density at radius 2 is 2.05 bits per heavy atom. The third kappa shape index (κ3) is 3.23. The molecule has 0 aliphatic rings. The molecule has 0 aliphatic carbocycles. The summed E-state index contributed by atoms with van der Waals surface area (Å²) >= 11 is 0. The summed E-state index contributed by atoms with van der Waals surface area (Å²) in [4.78, 5) is 11.2. The molecule has 0 saturated heterocycles. The average Bonchev–Trinajstić information content (AvgIpc) is 2.48. The second-order valence-electron chi connectivity index (χ2n) is 3.88. The first-order valence-electron chi connectivity index (χ1n) is 5.74. The van der Waals surface area contributed by atoms with E-state index in [-0.39, 0.29) is 13.0 Å². The van der Waals surface area contributed by atoms with Gasteiger partial charge in [0.1, 0.15) is 12.4 Å². The predicted octanol–water partition coefficient (Wildman–Crippen LogP) is 1.93. The number of carbonyl (C=O) groups excluding carboxylic acids is 1. The maximum atomic E-state index is 11.2. The summed E-state index contributed by atoms with van der Waals surface area (Å²) < 4.78 is 10.0. The summed E-state index contributed by atoms with van der Waals surface area (Å²) in [5.41, 5.74) is -1.07. The van der Waals surface area contributed by atoms with Gasteiger partial charge in [-0.2, -0.15) is 10.5 Å². The van der Waals surface area contributed by atoms with E-state index in [0.29, 0.717) is 11.3 Å². The van der Waals surface area contributed by atoms with Gasteiger partial charge in [0.05, 0.1) is 19.2 Å². The number of carbonyl (C=O) groups is 1. The fraction of sp³-hybridized carbons (Fsp3) is 0.357. The van der Waals surface area contributed by atoms with Crippen LogP contribution in [0.1, 0.15) is 18.9 Å². The van der Waals surface area contributed by atoms with Crippen LogP contribution >= 0.6 is 0 Å². The molecule has 0 N–H and O–H groups in total. The van der Waals surface area contributed by atoms with Crippen LogP contribution in [0.2, 0.25) is 0 Å². The highest BCUT2D eigenvalue weighted by atomic mass is 16.5. The van der Waals surface area contributed by atoms with Crippen molar-refractivity contribution in [3.8, 4) is 17.9 Å². The van der Waals surface area contributed by atoms with Gasteiger partial charge in [-0.1, -0.05) is 19.1 Å². The maximum Gasteiger partial charge on any atom is 0.305 e. The highest BCUT2D eigenvalue weighted by Crippen LogP contribution is 2.26. The molecule has 0 amide bonds. The number of nitriles is 2. The van der Waals surface area contributed by atoms with Gasteiger partial charge in [0.2, 0.25) is 5.41 Å². The molecule has 5 nitrogen and oxygen atoms in total. The van der Waals surface area contributed by atoms with E-state index >= 15 is 0 Å². The number of methoxy groups -OCH3 is 1. The molecular formula is C14H14N2O3. The molecule has 0 radical (unpaired) electrons. The van der Waals surface area contributed by atoms with Crippen molar-refractivity contribution >= 4 is 5.97 Å². The average molecular weight is 258 g/mol. The van der Waals surface area contributed by atoms with Crippen LogP contribution in [-0.2, 0) is 14.9 Å². The number of esters is 1. The summed E-state index contributed by atoms with van der Waals surface area (Å²) in [5.74, 6) is 0.0898. The normalized spacial score (nSPS) is 10.1. The van der Waals surface area contributed by atoms with E-state index < -0.39 is 11.4 Å². The van der Waals surface area contributed by atoms with Crippen LogP contribution in [-0.4, -0.2) is 19.7 Å². The molecule has 0 unspecified atom stereocenters. The zero-order valence-electron chi connectivity index (χ0n) is 10.8. The van der Waals surface area contributed by atoms with Gasteiger partial charge in [-0.3, -0.25) is 4.79 Å². The molecule has 0 heterocycles. The van der Waals surface area contributed by atoms with Gasteiger partial charge in [0, 0.05) is 6.42 Å². The van der Waals surface area contributed by atoms with Crippen molar-refractivity contribution in [3.63, 3.8) is 0 Å². The van der Waals surface area contributed by atoms with Gasteiger partial charge in [-0.15, -0.1) is 0 Å². The summed E-state index contributed by atoms with van der Waals surface area (Å²) in [7, 11) is 1.50. The molecule has 0 atom stereocenters. The Balaban J connectivity index is 3.08. The lowest BCUT2D eigenvalue weighted by Gasteiger charge is -2.19. The minimum absolute atomic E-state index is 0.199. The van der Waals surface area contributed by atoms with Crippen molar-refractivity contribution in [1.29, 1.82) is 10.5 Å². The molecule has 0 aromatic heterocycles. The predicted molar refractivity (Wildman–Crippen MR) is 67.1 cm³/mol. The van der Waals surface area contributed by atoms with E-state index in [0.717, 1.165) is 0 Å². The smallest absolute Gasteiger partial charge is 0.305 e. The van der Waals surface area contributed by atoms with Gasteiger partial charge in [0.15, 0.2) is 0 Å². The van der Waals surface area contributed by atoms with Crippen molar-refractivity contribution < 1.29 is 14.3 Å². The Hall–Kier alpha value is -2.53. The van der Waals surface area contributed by atoms with Crippen molar-refractivity contribution in [2.75, 3.05) is 13.7 Å². The standard InChI is InChI=1S/C14H14N2O3/c1-3-13(17)19-10-14(8-15,9-16)11-5-4-6-12(7-11)18-2/h4-7H,3,10H2,1-2H3. The molecule has 98 valence electrons. The third-order valence-electron chi connectivity index (χ3n) is 2.68. The number of rotatable bonds is 5. The van der Waals surface area contributed by atoms with E-state index in [1.807, 2.05) is 12.1 Å². The molecule has 19 heavy (non-hydrogen) atoms. The van der Waals surface area contributed by atoms with Crippen LogP contribution < -0.4 is 4.74 Å². The summed E-state index contributed by atoms with van der Waals surface area (Å²) in [6, 6.07) is 10.4. The molecule has 0 aliphatic heterocycles. The Morgan fingerprint density at radius 3 is 2.58 bits per heavy atom. The molecule has 0 saturated carbocycles. The van der Waals surface area contributed by atoms with Gasteiger partial charge in [-0.25, -0.2) is 0 Å². The highest BCUT2D eigenvalue weighted by molar-refractivity contribution is 5.69. The lowest BCUT2D eigenvalue weighted by atomic mass is 9.84. The third-order valence-corrected chi connectivity index (χ3v) is 2.68. The maximum absolute atomic E-state index is 11.2. The van der Waals surface area contributed by atoms with Crippen LogP contribution in [0.5, 0.6) is 5.75 Å². The van der Waals surface area contributed by atoms with Crippen LogP contribution in [0.3, 0.4) is 0 Å². The Kier molecular flexibility index (Phi) is 4.91. The van der Waals surface area contributed by atoms with Gasteiger partial charge in [0.25, 0.3) is 0 Å². The molecule has 5 heteroatoms. The largest absolute Gasteiger partial charge is 0.497 e. The van der Waals surface area contributed by atoms with Crippen molar-refractivity contribution in [2.24, 2.45) is 0 Å². The Morgan fingerprint density at radius 1 is 1.37 bits per heavy atom. The van der Waals surface area contributed by atoms with E-state index in [2.05, 4.69) is 0 Å². The van der Waals surface area contributed by atoms with Crippen LogP contribution in [0.4, 0.5) is 0 Å². The monoisotopic (exact) mass is 258 g/mol. The van der Waals surface area contributed by atoms with Crippen molar-refractivity contribution in [3.05, 3.63) is 29.8 Å². The van der Waals surface area contributed by atoms with Gasteiger partial charge in [-0.05, 0) is 17.7 Å². The topological polar surface area (TPSA) is 83.1 Å².